The van der Waals surface area contributed by atoms with Crippen LogP contribution in [0.4, 0.5) is 5.00 Å². The zero-order valence-electron chi connectivity index (χ0n) is 11.0. The second-order valence-electron chi connectivity index (χ2n) is 4.47. The van der Waals surface area contributed by atoms with Crippen molar-refractivity contribution in [3.05, 3.63) is 59.1 Å². The molecule has 3 rings (SSSR count). The van der Waals surface area contributed by atoms with Gasteiger partial charge in [-0.15, -0.1) is 11.3 Å². The van der Waals surface area contributed by atoms with E-state index in [-0.39, 0.29) is 0 Å². The number of anilines is 1. The van der Waals surface area contributed by atoms with Gasteiger partial charge in [0.05, 0.1) is 17.1 Å². The first-order valence-corrected chi connectivity index (χ1v) is 7.50. The highest BCUT2D eigenvalue weighted by molar-refractivity contribution is 7.22. The van der Waals surface area contributed by atoms with Gasteiger partial charge in [0.15, 0.2) is 0 Å². The van der Waals surface area contributed by atoms with Crippen molar-refractivity contribution in [2.45, 2.75) is 6.54 Å². The molecule has 102 valence electrons. The van der Waals surface area contributed by atoms with Crippen LogP contribution >= 0.6 is 22.9 Å². The zero-order chi connectivity index (χ0) is 13.9. The molecule has 1 aromatic heterocycles. The average molecular weight is 304 g/mol. The topological polar surface area (TPSA) is 21.3 Å². The van der Waals surface area contributed by atoms with E-state index in [2.05, 4.69) is 35.6 Å². The second kappa shape index (κ2) is 5.73. The van der Waals surface area contributed by atoms with E-state index in [1.807, 2.05) is 18.2 Å². The molecule has 3 aromatic rings. The Hall–Kier alpha value is -1.71. The summed E-state index contributed by atoms with van der Waals surface area (Å²) in [5, 5.41) is 6.51. The summed E-state index contributed by atoms with van der Waals surface area (Å²) >= 11 is 7.88. The maximum Gasteiger partial charge on any atom is 0.137 e. The molecule has 0 spiro atoms. The van der Waals surface area contributed by atoms with Gasteiger partial charge in [-0.25, -0.2) is 0 Å². The van der Waals surface area contributed by atoms with Crippen LogP contribution in [0.15, 0.2) is 48.5 Å². The Balaban J connectivity index is 1.74. The minimum absolute atomic E-state index is 0.642. The maximum absolute atomic E-state index is 6.13. The van der Waals surface area contributed by atoms with E-state index in [0.717, 1.165) is 17.1 Å². The predicted octanol–water partition coefficient (Wildman–Crippen LogP) is 5.18. The molecular weight excluding hydrogens is 290 g/mol. The van der Waals surface area contributed by atoms with Gasteiger partial charge < -0.3 is 10.1 Å². The summed E-state index contributed by atoms with van der Waals surface area (Å²) in [5.74, 6) is 0.706. The fourth-order valence-electron chi connectivity index (χ4n) is 2.08. The van der Waals surface area contributed by atoms with Crippen LogP contribution in [0.1, 0.15) is 5.56 Å². The number of halogens is 1. The zero-order valence-corrected chi connectivity index (χ0v) is 12.6. The number of nitrogens with one attached hydrogen (secondary N) is 1. The van der Waals surface area contributed by atoms with Crippen molar-refractivity contribution in [2.24, 2.45) is 0 Å². The van der Waals surface area contributed by atoms with E-state index in [9.17, 15) is 0 Å². The highest BCUT2D eigenvalue weighted by atomic mass is 35.5. The molecule has 0 radical (unpaired) electrons. The number of hydrogen-bond donors (Lipinski definition) is 1. The Kier molecular flexibility index (Phi) is 3.81. The average Bonchev–Trinajstić information content (AvgIpc) is 2.88. The molecule has 2 nitrogen and oxygen atoms in total. The van der Waals surface area contributed by atoms with Gasteiger partial charge in [0.1, 0.15) is 5.75 Å². The van der Waals surface area contributed by atoms with Crippen LogP contribution < -0.4 is 10.1 Å². The van der Waals surface area contributed by atoms with E-state index in [1.165, 1.54) is 10.1 Å². The molecule has 0 aliphatic rings. The third-order valence-corrected chi connectivity index (χ3v) is 4.48. The maximum atomic E-state index is 6.13. The molecule has 2 aromatic carbocycles. The molecule has 0 saturated heterocycles. The molecule has 0 unspecified atom stereocenters. The van der Waals surface area contributed by atoms with E-state index >= 15 is 0 Å². The fourth-order valence-corrected chi connectivity index (χ4v) is 3.32. The summed E-state index contributed by atoms with van der Waals surface area (Å²) in [6.45, 7) is 0.747. The first-order chi connectivity index (χ1) is 9.76. The van der Waals surface area contributed by atoms with Gasteiger partial charge in [0.25, 0.3) is 0 Å². The number of methoxy groups -OCH3 is 1. The second-order valence-corrected chi connectivity index (χ2v) is 5.96. The highest BCUT2D eigenvalue weighted by Crippen LogP contribution is 2.30. The van der Waals surface area contributed by atoms with Crippen molar-refractivity contribution in [3.8, 4) is 5.75 Å². The number of rotatable bonds is 4. The summed E-state index contributed by atoms with van der Waals surface area (Å²) in [6, 6.07) is 16.4. The van der Waals surface area contributed by atoms with Gasteiger partial charge in [-0.1, -0.05) is 35.9 Å². The molecule has 0 fully saturated rings. The van der Waals surface area contributed by atoms with Crippen molar-refractivity contribution in [3.63, 3.8) is 0 Å². The molecule has 0 bridgehead atoms. The van der Waals surface area contributed by atoms with Gasteiger partial charge >= 0.3 is 0 Å². The van der Waals surface area contributed by atoms with Gasteiger partial charge in [-0.3, -0.25) is 0 Å². The number of benzene rings is 2. The molecule has 0 aliphatic carbocycles. The standard InChI is InChI=1S/C16H14ClNOS/c1-19-14-7-6-11(8-13(14)17)10-18-16-9-12-4-2-3-5-15(12)20-16/h2-9,18H,10H2,1H3. The van der Waals surface area contributed by atoms with Crippen LogP contribution in [0, 0.1) is 0 Å². The Labute approximate surface area is 127 Å². The summed E-state index contributed by atoms with van der Waals surface area (Å²) < 4.78 is 6.45. The quantitative estimate of drug-likeness (QED) is 0.717. The number of fused-ring (bicyclic) bond motifs is 1. The van der Waals surface area contributed by atoms with Crippen molar-refractivity contribution in [2.75, 3.05) is 12.4 Å². The highest BCUT2D eigenvalue weighted by Gasteiger charge is 2.03. The lowest BCUT2D eigenvalue weighted by Crippen LogP contribution is -1.97. The largest absolute Gasteiger partial charge is 0.495 e. The Morgan fingerprint density at radius 3 is 2.75 bits per heavy atom. The molecule has 1 heterocycles. The molecule has 1 N–H and O–H groups in total. The summed E-state index contributed by atoms with van der Waals surface area (Å²) in [7, 11) is 1.62. The monoisotopic (exact) mass is 303 g/mol. The lowest BCUT2D eigenvalue weighted by molar-refractivity contribution is 0.415. The molecule has 4 heteroatoms. The fraction of sp³-hybridized carbons (Fsp3) is 0.125. The van der Waals surface area contributed by atoms with E-state index < -0.39 is 0 Å². The molecule has 0 amide bonds. The van der Waals surface area contributed by atoms with Gasteiger partial charge in [0, 0.05) is 11.2 Å². The molecule has 0 aliphatic heterocycles. The minimum Gasteiger partial charge on any atom is -0.495 e. The van der Waals surface area contributed by atoms with Crippen LogP contribution in [0.2, 0.25) is 5.02 Å². The van der Waals surface area contributed by atoms with Crippen LogP contribution in [0.25, 0.3) is 10.1 Å². The number of hydrogen-bond acceptors (Lipinski definition) is 3. The predicted molar refractivity (Wildman–Crippen MR) is 87.2 cm³/mol. The van der Waals surface area contributed by atoms with Crippen molar-refractivity contribution < 1.29 is 4.74 Å². The van der Waals surface area contributed by atoms with Crippen LogP contribution in [-0.2, 0) is 6.54 Å². The summed E-state index contributed by atoms with van der Waals surface area (Å²) in [4.78, 5) is 0. The third-order valence-electron chi connectivity index (χ3n) is 3.11. The van der Waals surface area contributed by atoms with Gasteiger partial charge in [-0.05, 0) is 35.2 Å². The smallest absolute Gasteiger partial charge is 0.137 e. The molecule has 0 atom stereocenters. The van der Waals surface area contributed by atoms with Crippen LogP contribution in [-0.4, -0.2) is 7.11 Å². The summed E-state index contributed by atoms with van der Waals surface area (Å²) in [5.41, 5.74) is 1.13. The molecule has 20 heavy (non-hydrogen) atoms. The van der Waals surface area contributed by atoms with Crippen molar-refractivity contribution in [1.82, 2.24) is 0 Å². The van der Waals surface area contributed by atoms with Crippen LogP contribution in [0.5, 0.6) is 5.75 Å². The van der Waals surface area contributed by atoms with Crippen molar-refractivity contribution >= 4 is 38.0 Å². The summed E-state index contributed by atoms with van der Waals surface area (Å²) in [6.07, 6.45) is 0. The number of thiophene rings is 1. The minimum atomic E-state index is 0.642. The van der Waals surface area contributed by atoms with E-state index in [0.29, 0.717) is 10.8 Å². The van der Waals surface area contributed by atoms with Gasteiger partial charge in [-0.2, -0.15) is 0 Å². The van der Waals surface area contributed by atoms with Crippen molar-refractivity contribution in [1.29, 1.82) is 0 Å². The Morgan fingerprint density at radius 2 is 2.00 bits per heavy atom. The third kappa shape index (κ3) is 2.74. The SMILES string of the molecule is COc1ccc(CNc2cc3ccccc3s2)cc1Cl. The van der Waals surface area contributed by atoms with E-state index in [1.54, 1.807) is 18.4 Å². The van der Waals surface area contributed by atoms with Crippen LogP contribution in [0.3, 0.4) is 0 Å². The first kappa shape index (κ1) is 13.3. The van der Waals surface area contributed by atoms with E-state index in [4.69, 9.17) is 16.3 Å². The Bertz CT molecular complexity index is 705. The first-order valence-electron chi connectivity index (χ1n) is 6.31. The lowest BCUT2D eigenvalue weighted by atomic mass is 10.2. The van der Waals surface area contributed by atoms with Gasteiger partial charge in [0.2, 0.25) is 0 Å². The molecule has 0 saturated carbocycles. The lowest BCUT2D eigenvalue weighted by Gasteiger charge is -2.07. The normalized spacial score (nSPS) is 10.7. The molecular formula is C16H14ClNOS. The number of ether oxygens (including phenoxy) is 1. The Morgan fingerprint density at radius 1 is 1.15 bits per heavy atom.